The number of ether oxygens (including phenoxy) is 1. The van der Waals surface area contributed by atoms with E-state index >= 15 is 0 Å². The smallest absolute Gasteiger partial charge is 0.272 e. The number of amides is 1. The summed E-state index contributed by atoms with van der Waals surface area (Å²) in [5.41, 5.74) is 3.15. The summed E-state index contributed by atoms with van der Waals surface area (Å²) in [6, 6.07) is 7.68. The standard InChI is InChI=1S/C17H19BrN4O2/c1-11-3-4-14(13(18)9-11)20-17-19-12(2)10-15(21-17)16(23)22-5-7-24-8-6-22/h3-4,9-10H,5-8H2,1-2H3,(H,19,20,21). The van der Waals surface area contributed by atoms with Gasteiger partial charge in [0, 0.05) is 23.3 Å². The molecule has 0 bridgehead atoms. The van der Waals surface area contributed by atoms with Crippen LogP contribution in [-0.2, 0) is 4.74 Å². The number of nitrogens with zero attached hydrogens (tertiary/aromatic N) is 3. The molecule has 1 aliphatic rings. The fraction of sp³-hybridized carbons (Fsp3) is 0.353. The molecule has 0 saturated carbocycles. The molecule has 1 aromatic heterocycles. The lowest BCUT2D eigenvalue weighted by Gasteiger charge is -2.26. The number of hydrogen-bond acceptors (Lipinski definition) is 5. The molecule has 1 N–H and O–H groups in total. The summed E-state index contributed by atoms with van der Waals surface area (Å²) in [4.78, 5) is 23.1. The normalized spacial score (nSPS) is 14.5. The third kappa shape index (κ3) is 3.91. The second-order valence-corrected chi connectivity index (χ2v) is 6.59. The minimum atomic E-state index is -0.0881. The highest BCUT2D eigenvalue weighted by Crippen LogP contribution is 2.25. The number of carbonyl (C=O) groups is 1. The van der Waals surface area contributed by atoms with Gasteiger partial charge >= 0.3 is 0 Å². The monoisotopic (exact) mass is 390 g/mol. The lowest BCUT2D eigenvalue weighted by molar-refractivity contribution is 0.0299. The van der Waals surface area contributed by atoms with E-state index in [0.717, 1.165) is 21.4 Å². The lowest BCUT2D eigenvalue weighted by atomic mass is 10.2. The van der Waals surface area contributed by atoms with Crippen LogP contribution in [0.1, 0.15) is 21.7 Å². The van der Waals surface area contributed by atoms with Gasteiger partial charge in [-0.05, 0) is 53.5 Å². The van der Waals surface area contributed by atoms with Crippen molar-refractivity contribution in [3.05, 3.63) is 45.7 Å². The third-order valence-corrected chi connectivity index (χ3v) is 4.40. The molecule has 0 atom stereocenters. The second-order valence-electron chi connectivity index (χ2n) is 5.73. The molecule has 3 rings (SSSR count). The van der Waals surface area contributed by atoms with Crippen molar-refractivity contribution in [2.75, 3.05) is 31.6 Å². The number of halogens is 1. The van der Waals surface area contributed by atoms with Crippen LogP contribution in [0.3, 0.4) is 0 Å². The maximum Gasteiger partial charge on any atom is 0.272 e. The maximum atomic E-state index is 12.6. The molecule has 2 aromatic rings. The van der Waals surface area contributed by atoms with Crippen LogP contribution < -0.4 is 5.32 Å². The third-order valence-electron chi connectivity index (χ3n) is 3.74. The lowest BCUT2D eigenvalue weighted by Crippen LogP contribution is -2.41. The van der Waals surface area contributed by atoms with Crippen molar-refractivity contribution >= 4 is 33.5 Å². The van der Waals surface area contributed by atoms with E-state index in [1.807, 2.05) is 32.0 Å². The molecule has 6 nitrogen and oxygen atoms in total. The molecule has 0 aliphatic carbocycles. The number of nitrogens with one attached hydrogen (secondary N) is 1. The van der Waals surface area contributed by atoms with E-state index in [2.05, 4.69) is 31.2 Å². The van der Waals surface area contributed by atoms with Crippen LogP contribution in [0, 0.1) is 13.8 Å². The Bertz CT molecular complexity index is 760. The minimum Gasteiger partial charge on any atom is -0.378 e. The topological polar surface area (TPSA) is 67.4 Å². The van der Waals surface area contributed by atoms with Crippen LogP contribution >= 0.6 is 15.9 Å². The van der Waals surface area contributed by atoms with Crippen LogP contribution in [0.2, 0.25) is 0 Å². The van der Waals surface area contributed by atoms with Crippen molar-refractivity contribution in [1.29, 1.82) is 0 Å². The zero-order valence-corrected chi connectivity index (χ0v) is 15.3. The zero-order valence-electron chi connectivity index (χ0n) is 13.7. The molecule has 1 amide bonds. The first-order valence-corrected chi connectivity index (χ1v) is 8.58. The zero-order chi connectivity index (χ0) is 17.1. The first-order chi connectivity index (χ1) is 11.5. The minimum absolute atomic E-state index is 0.0881. The maximum absolute atomic E-state index is 12.6. The molecule has 24 heavy (non-hydrogen) atoms. The van der Waals surface area contributed by atoms with Gasteiger partial charge in [-0.25, -0.2) is 9.97 Å². The van der Waals surface area contributed by atoms with Crippen molar-refractivity contribution in [2.45, 2.75) is 13.8 Å². The average molecular weight is 391 g/mol. The van der Waals surface area contributed by atoms with Gasteiger partial charge in [0.25, 0.3) is 5.91 Å². The number of aryl methyl sites for hydroxylation is 2. The largest absolute Gasteiger partial charge is 0.378 e. The van der Waals surface area contributed by atoms with Gasteiger partial charge in [-0.2, -0.15) is 0 Å². The molecule has 1 saturated heterocycles. The number of hydrogen-bond donors (Lipinski definition) is 1. The van der Waals surface area contributed by atoms with E-state index in [1.165, 1.54) is 0 Å². The summed E-state index contributed by atoms with van der Waals surface area (Å²) in [5, 5.41) is 3.17. The van der Waals surface area contributed by atoms with Gasteiger partial charge in [0.15, 0.2) is 0 Å². The summed E-state index contributed by atoms with van der Waals surface area (Å²) in [7, 11) is 0. The Kier molecular flexibility index (Phi) is 5.11. The van der Waals surface area contributed by atoms with Crippen LogP contribution in [0.25, 0.3) is 0 Å². The number of aromatic nitrogens is 2. The van der Waals surface area contributed by atoms with Crippen molar-refractivity contribution in [2.24, 2.45) is 0 Å². The Labute approximate surface area is 149 Å². The molecule has 7 heteroatoms. The fourth-order valence-corrected chi connectivity index (χ4v) is 3.10. The summed E-state index contributed by atoms with van der Waals surface area (Å²) < 4.78 is 6.22. The summed E-state index contributed by atoms with van der Waals surface area (Å²) in [5.74, 6) is 0.325. The SMILES string of the molecule is Cc1ccc(Nc2nc(C)cc(C(=O)N3CCOCC3)n2)c(Br)c1. The predicted octanol–water partition coefficient (Wildman–Crippen LogP) is 3.07. The average Bonchev–Trinajstić information content (AvgIpc) is 2.57. The van der Waals surface area contributed by atoms with Crippen LogP contribution in [0.5, 0.6) is 0 Å². The summed E-state index contributed by atoms with van der Waals surface area (Å²) in [6.07, 6.45) is 0. The van der Waals surface area contributed by atoms with Gasteiger partial charge < -0.3 is 15.0 Å². The molecule has 1 aliphatic heterocycles. The number of anilines is 2. The van der Waals surface area contributed by atoms with Crippen molar-refractivity contribution in [3.63, 3.8) is 0 Å². The van der Waals surface area contributed by atoms with Gasteiger partial charge in [-0.15, -0.1) is 0 Å². The molecular formula is C17H19BrN4O2. The fourth-order valence-electron chi connectivity index (χ4n) is 2.50. The Morgan fingerprint density at radius 2 is 1.96 bits per heavy atom. The quantitative estimate of drug-likeness (QED) is 0.871. The number of carbonyl (C=O) groups excluding carboxylic acids is 1. The summed E-state index contributed by atoms with van der Waals surface area (Å²) in [6.45, 7) is 6.20. The molecule has 2 heterocycles. The van der Waals surface area contributed by atoms with Gasteiger partial charge in [0.05, 0.1) is 18.9 Å². The van der Waals surface area contributed by atoms with E-state index in [4.69, 9.17) is 4.74 Å². The van der Waals surface area contributed by atoms with Crippen LogP contribution in [0.4, 0.5) is 11.6 Å². The Hall–Kier alpha value is -1.99. The highest BCUT2D eigenvalue weighted by atomic mass is 79.9. The van der Waals surface area contributed by atoms with Gasteiger partial charge in [0.1, 0.15) is 5.69 Å². The van der Waals surface area contributed by atoms with Gasteiger partial charge in [0.2, 0.25) is 5.95 Å². The molecular weight excluding hydrogens is 372 g/mol. The van der Waals surface area contributed by atoms with Crippen LogP contribution in [-0.4, -0.2) is 47.1 Å². The highest BCUT2D eigenvalue weighted by molar-refractivity contribution is 9.10. The Balaban J connectivity index is 1.84. The Morgan fingerprint density at radius 3 is 2.67 bits per heavy atom. The van der Waals surface area contributed by atoms with Crippen molar-refractivity contribution in [1.82, 2.24) is 14.9 Å². The van der Waals surface area contributed by atoms with Gasteiger partial charge in [-0.1, -0.05) is 6.07 Å². The molecule has 1 fully saturated rings. The van der Waals surface area contributed by atoms with E-state index in [-0.39, 0.29) is 5.91 Å². The Morgan fingerprint density at radius 1 is 1.21 bits per heavy atom. The second kappa shape index (κ2) is 7.27. The number of morpholine rings is 1. The molecule has 126 valence electrons. The molecule has 0 radical (unpaired) electrons. The van der Waals surface area contributed by atoms with E-state index in [0.29, 0.717) is 37.9 Å². The van der Waals surface area contributed by atoms with E-state index in [1.54, 1.807) is 11.0 Å². The molecule has 1 aromatic carbocycles. The summed E-state index contributed by atoms with van der Waals surface area (Å²) >= 11 is 3.53. The predicted molar refractivity (Wildman–Crippen MR) is 95.7 cm³/mol. The van der Waals surface area contributed by atoms with Crippen molar-refractivity contribution in [3.8, 4) is 0 Å². The van der Waals surface area contributed by atoms with Crippen molar-refractivity contribution < 1.29 is 9.53 Å². The number of rotatable bonds is 3. The van der Waals surface area contributed by atoms with Gasteiger partial charge in [-0.3, -0.25) is 4.79 Å². The molecule has 0 spiro atoms. The first kappa shape index (κ1) is 16.9. The van der Waals surface area contributed by atoms with E-state index < -0.39 is 0 Å². The number of benzene rings is 1. The first-order valence-electron chi connectivity index (χ1n) is 7.79. The molecule has 0 unspecified atom stereocenters. The highest BCUT2D eigenvalue weighted by Gasteiger charge is 2.20. The van der Waals surface area contributed by atoms with Crippen LogP contribution in [0.15, 0.2) is 28.7 Å². The van der Waals surface area contributed by atoms with E-state index in [9.17, 15) is 4.79 Å².